The number of hydrogen-bond acceptors (Lipinski definition) is 2. The molecule has 80 valence electrons. The Morgan fingerprint density at radius 3 is 2.87 bits per heavy atom. The van der Waals surface area contributed by atoms with E-state index in [9.17, 15) is 4.79 Å². The maximum atomic E-state index is 10.9. The van der Waals surface area contributed by atoms with Gasteiger partial charge in [-0.2, -0.15) is 0 Å². The van der Waals surface area contributed by atoms with Crippen LogP contribution in [-0.4, -0.2) is 17.1 Å². The minimum atomic E-state index is -0.926. The molecular formula is C11H12ClNO2. The molecule has 1 fully saturated rings. The highest BCUT2D eigenvalue weighted by Gasteiger charge is 2.21. The van der Waals surface area contributed by atoms with Crippen molar-refractivity contribution in [3.8, 4) is 0 Å². The first-order valence-electron chi connectivity index (χ1n) is 4.92. The van der Waals surface area contributed by atoms with Crippen LogP contribution in [0.3, 0.4) is 0 Å². The summed E-state index contributed by atoms with van der Waals surface area (Å²) in [5, 5.41) is 12.7. The first-order chi connectivity index (χ1) is 7.16. The number of carboxylic acid groups (broad SMARTS) is 1. The number of benzene rings is 1. The molecule has 0 atom stereocenters. The predicted molar refractivity (Wildman–Crippen MR) is 58.3 cm³/mol. The van der Waals surface area contributed by atoms with Gasteiger partial charge in [-0.05, 0) is 30.5 Å². The van der Waals surface area contributed by atoms with E-state index < -0.39 is 5.97 Å². The van der Waals surface area contributed by atoms with Crippen LogP contribution in [0.4, 0.5) is 0 Å². The van der Waals surface area contributed by atoms with Crippen LogP contribution < -0.4 is 5.32 Å². The second-order valence-electron chi connectivity index (χ2n) is 3.76. The minimum Gasteiger partial charge on any atom is -0.478 e. The van der Waals surface area contributed by atoms with E-state index in [-0.39, 0.29) is 5.56 Å². The zero-order valence-corrected chi connectivity index (χ0v) is 8.92. The van der Waals surface area contributed by atoms with E-state index in [2.05, 4.69) is 5.32 Å². The lowest BCUT2D eigenvalue weighted by Gasteiger charge is -2.07. The van der Waals surface area contributed by atoms with Crippen LogP contribution in [0.5, 0.6) is 0 Å². The quantitative estimate of drug-likeness (QED) is 0.827. The van der Waals surface area contributed by atoms with Gasteiger partial charge in [0.2, 0.25) is 0 Å². The largest absolute Gasteiger partial charge is 0.478 e. The highest BCUT2D eigenvalue weighted by molar-refractivity contribution is 6.30. The molecule has 0 spiro atoms. The summed E-state index contributed by atoms with van der Waals surface area (Å²) in [6, 6.07) is 5.55. The van der Waals surface area contributed by atoms with Crippen molar-refractivity contribution < 1.29 is 9.90 Å². The average Bonchev–Trinajstić information content (AvgIpc) is 2.99. The van der Waals surface area contributed by atoms with E-state index in [4.69, 9.17) is 16.7 Å². The van der Waals surface area contributed by atoms with Crippen LogP contribution in [-0.2, 0) is 6.54 Å². The van der Waals surface area contributed by atoms with E-state index in [1.165, 1.54) is 18.9 Å². The molecule has 0 heterocycles. The van der Waals surface area contributed by atoms with Gasteiger partial charge in [-0.3, -0.25) is 0 Å². The van der Waals surface area contributed by atoms with E-state index in [0.29, 0.717) is 17.6 Å². The van der Waals surface area contributed by atoms with Gasteiger partial charge in [0.15, 0.2) is 0 Å². The molecule has 1 aliphatic rings. The fraction of sp³-hybridized carbons (Fsp3) is 0.364. The fourth-order valence-corrected chi connectivity index (χ4v) is 1.62. The van der Waals surface area contributed by atoms with Gasteiger partial charge in [-0.15, -0.1) is 0 Å². The zero-order valence-electron chi connectivity index (χ0n) is 8.16. The summed E-state index contributed by atoms with van der Waals surface area (Å²) in [5.74, 6) is -0.926. The van der Waals surface area contributed by atoms with Gasteiger partial charge in [-0.1, -0.05) is 17.7 Å². The summed E-state index contributed by atoms with van der Waals surface area (Å²) in [7, 11) is 0. The fourth-order valence-electron chi connectivity index (χ4n) is 1.44. The summed E-state index contributed by atoms with van der Waals surface area (Å²) in [6.45, 7) is 0.601. The summed E-state index contributed by atoms with van der Waals surface area (Å²) >= 11 is 5.75. The molecular weight excluding hydrogens is 214 g/mol. The third-order valence-corrected chi connectivity index (χ3v) is 2.70. The summed E-state index contributed by atoms with van der Waals surface area (Å²) in [5.41, 5.74) is 1.08. The van der Waals surface area contributed by atoms with E-state index in [0.717, 1.165) is 5.56 Å². The van der Waals surface area contributed by atoms with Crippen molar-refractivity contribution >= 4 is 17.6 Å². The Labute approximate surface area is 93.1 Å². The lowest BCUT2D eigenvalue weighted by Crippen LogP contribution is -2.17. The first-order valence-corrected chi connectivity index (χ1v) is 5.29. The van der Waals surface area contributed by atoms with Crippen molar-refractivity contribution in [2.24, 2.45) is 0 Å². The van der Waals surface area contributed by atoms with Gasteiger partial charge >= 0.3 is 5.97 Å². The van der Waals surface area contributed by atoms with Crippen LogP contribution in [0, 0.1) is 0 Å². The first kappa shape index (κ1) is 10.5. The van der Waals surface area contributed by atoms with E-state index in [1.807, 2.05) is 0 Å². The molecule has 1 aliphatic carbocycles. The highest BCUT2D eigenvalue weighted by Crippen LogP contribution is 2.21. The average molecular weight is 226 g/mol. The maximum Gasteiger partial charge on any atom is 0.336 e. The van der Waals surface area contributed by atoms with Crippen LogP contribution in [0.2, 0.25) is 5.02 Å². The zero-order chi connectivity index (χ0) is 10.8. The Bertz CT molecular complexity index is 388. The SMILES string of the molecule is O=C(O)c1cc(Cl)ccc1CNC1CC1. The van der Waals surface area contributed by atoms with E-state index in [1.54, 1.807) is 12.1 Å². The molecule has 0 aliphatic heterocycles. The minimum absolute atomic E-state index is 0.288. The number of rotatable bonds is 4. The third-order valence-electron chi connectivity index (χ3n) is 2.46. The molecule has 15 heavy (non-hydrogen) atoms. The van der Waals surface area contributed by atoms with Crippen LogP contribution >= 0.6 is 11.6 Å². The molecule has 1 aromatic carbocycles. The molecule has 3 nitrogen and oxygen atoms in total. The van der Waals surface area contributed by atoms with Gasteiger partial charge in [0.1, 0.15) is 0 Å². The Hall–Kier alpha value is -1.06. The number of aromatic carboxylic acids is 1. The molecule has 2 N–H and O–H groups in total. The van der Waals surface area contributed by atoms with Crippen molar-refractivity contribution in [2.75, 3.05) is 0 Å². The van der Waals surface area contributed by atoms with Crippen molar-refractivity contribution in [3.63, 3.8) is 0 Å². The smallest absolute Gasteiger partial charge is 0.336 e. The van der Waals surface area contributed by atoms with Crippen LogP contribution in [0.25, 0.3) is 0 Å². The van der Waals surface area contributed by atoms with Gasteiger partial charge in [0, 0.05) is 17.6 Å². The van der Waals surface area contributed by atoms with Crippen molar-refractivity contribution in [1.29, 1.82) is 0 Å². The summed E-state index contributed by atoms with van der Waals surface area (Å²) in [6.07, 6.45) is 2.38. The van der Waals surface area contributed by atoms with Gasteiger partial charge in [-0.25, -0.2) is 4.79 Å². The number of halogens is 1. The Kier molecular flexibility index (Phi) is 2.93. The van der Waals surface area contributed by atoms with Crippen LogP contribution in [0.1, 0.15) is 28.8 Å². The number of hydrogen-bond donors (Lipinski definition) is 2. The maximum absolute atomic E-state index is 10.9. The predicted octanol–water partition coefficient (Wildman–Crippen LogP) is 2.29. The monoisotopic (exact) mass is 225 g/mol. The number of carbonyl (C=O) groups is 1. The molecule has 0 unspecified atom stereocenters. The lowest BCUT2D eigenvalue weighted by molar-refractivity contribution is 0.0695. The second-order valence-corrected chi connectivity index (χ2v) is 4.20. The highest BCUT2D eigenvalue weighted by atomic mass is 35.5. The third kappa shape index (κ3) is 2.70. The molecule has 0 radical (unpaired) electrons. The molecule has 1 saturated carbocycles. The van der Waals surface area contributed by atoms with Crippen molar-refractivity contribution in [1.82, 2.24) is 5.32 Å². The van der Waals surface area contributed by atoms with Crippen molar-refractivity contribution in [3.05, 3.63) is 34.3 Å². The summed E-state index contributed by atoms with van der Waals surface area (Å²) < 4.78 is 0. The Balaban J connectivity index is 2.15. The molecule has 1 aromatic rings. The number of carboxylic acids is 1. The van der Waals surface area contributed by atoms with Crippen molar-refractivity contribution in [2.45, 2.75) is 25.4 Å². The lowest BCUT2D eigenvalue weighted by atomic mass is 10.1. The van der Waals surface area contributed by atoms with Crippen LogP contribution in [0.15, 0.2) is 18.2 Å². The number of nitrogens with one attached hydrogen (secondary N) is 1. The molecule has 0 amide bonds. The molecule has 0 bridgehead atoms. The Morgan fingerprint density at radius 1 is 1.53 bits per heavy atom. The molecule has 4 heteroatoms. The molecule has 0 aromatic heterocycles. The van der Waals surface area contributed by atoms with E-state index >= 15 is 0 Å². The van der Waals surface area contributed by atoms with Gasteiger partial charge in [0.05, 0.1) is 5.56 Å². The topological polar surface area (TPSA) is 49.3 Å². The standard InChI is InChI=1S/C11H12ClNO2/c12-8-2-1-7(6-13-9-3-4-9)10(5-8)11(14)15/h1-2,5,9,13H,3-4,6H2,(H,14,15). The Morgan fingerprint density at radius 2 is 2.27 bits per heavy atom. The second kappa shape index (κ2) is 4.21. The molecule has 2 rings (SSSR count). The van der Waals surface area contributed by atoms with Gasteiger partial charge < -0.3 is 10.4 Å². The van der Waals surface area contributed by atoms with Gasteiger partial charge in [0.25, 0.3) is 0 Å². The normalized spacial score (nSPS) is 15.3. The summed E-state index contributed by atoms with van der Waals surface area (Å²) in [4.78, 5) is 10.9. The molecule has 0 saturated heterocycles.